The summed E-state index contributed by atoms with van der Waals surface area (Å²) in [6.45, 7) is 5.23. The predicted octanol–water partition coefficient (Wildman–Crippen LogP) is -0.889. The van der Waals surface area contributed by atoms with Gasteiger partial charge in [-0.05, 0) is 6.92 Å². The lowest BCUT2D eigenvalue weighted by atomic mass is 10.4. The van der Waals surface area contributed by atoms with Crippen molar-refractivity contribution in [1.82, 2.24) is 10.6 Å². The van der Waals surface area contributed by atoms with E-state index in [9.17, 15) is 4.79 Å². The number of rotatable bonds is 9. The van der Waals surface area contributed by atoms with Gasteiger partial charge in [0.05, 0.1) is 19.6 Å². The number of nitrogens with one attached hydrogen (secondary N) is 2. The van der Waals surface area contributed by atoms with Crippen LogP contribution in [0.2, 0.25) is 0 Å². The van der Waals surface area contributed by atoms with Gasteiger partial charge in [0.25, 0.3) is 0 Å². The Balaban J connectivity index is 3.01. The molecule has 0 atom stereocenters. The lowest BCUT2D eigenvalue weighted by Gasteiger charge is -2.05. The summed E-state index contributed by atoms with van der Waals surface area (Å²) < 4.78 is 4.76. The number of esters is 1. The molecule has 0 heterocycles. The Hall–Kier alpha value is -0.650. The first kappa shape index (κ1) is 13.4. The smallest absolute Gasteiger partial charge is 0.307 e. The Bertz CT molecular complexity index is 142. The molecular formula is C9H20N2O3. The molecular weight excluding hydrogens is 184 g/mol. The van der Waals surface area contributed by atoms with Gasteiger partial charge in [-0.2, -0.15) is 0 Å². The fourth-order valence-electron chi connectivity index (χ4n) is 0.929. The fraction of sp³-hybridized carbons (Fsp3) is 0.889. The second-order valence-corrected chi connectivity index (χ2v) is 2.78. The van der Waals surface area contributed by atoms with E-state index < -0.39 is 0 Å². The zero-order valence-corrected chi connectivity index (χ0v) is 8.71. The molecule has 3 N–H and O–H groups in total. The Morgan fingerprint density at radius 1 is 1.21 bits per heavy atom. The Morgan fingerprint density at radius 2 is 1.86 bits per heavy atom. The highest BCUT2D eigenvalue weighted by Gasteiger charge is 1.99. The Labute approximate surface area is 84.8 Å². The van der Waals surface area contributed by atoms with Crippen LogP contribution in [0.25, 0.3) is 0 Å². The van der Waals surface area contributed by atoms with Crippen molar-refractivity contribution in [1.29, 1.82) is 0 Å². The molecule has 0 aliphatic rings. The molecule has 0 unspecified atom stereocenters. The van der Waals surface area contributed by atoms with E-state index >= 15 is 0 Å². The zero-order chi connectivity index (χ0) is 10.6. The van der Waals surface area contributed by atoms with E-state index in [4.69, 9.17) is 9.84 Å². The van der Waals surface area contributed by atoms with E-state index in [-0.39, 0.29) is 12.6 Å². The van der Waals surface area contributed by atoms with Crippen LogP contribution in [0.4, 0.5) is 0 Å². The fourth-order valence-corrected chi connectivity index (χ4v) is 0.929. The first-order chi connectivity index (χ1) is 6.81. The van der Waals surface area contributed by atoms with Crippen molar-refractivity contribution in [2.45, 2.75) is 13.3 Å². The normalized spacial score (nSPS) is 10.1. The molecule has 0 saturated carbocycles. The summed E-state index contributed by atoms with van der Waals surface area (Å²) in [6.07, 6.45) is 0.411. The number of aliphatic hydroxyl groups excluding tert-OH is 1. The average Bonchev–Trinajstić information content (AvgIpc) is 2.17. The molecule has 0 aromatic rings. The minimum atomic E-state index is -0.164. The number of carbonyl (C=O) groups excluding carboxylic acids is 1. The molecule has 0 aromatic heterocycles. The van der Waals surface area contributed by atoms with Crippen molar-refractivity contribution in [3.8, 4) is 0 Å². The highest BCUT2D eigenvalue weighted by molar-refractivity contribution is 5.69. The maximum atomic E-state index is 10.9. The number of hydrogen-bond acceptors (Lipinski definition) is 5. The maximum Gasteiger partial charge on any atom is 0.307 e. The summed E-state index contributed by atoms with van der Waals surface area (Å²) >= 11 is 0. The van der Waals surface area contributed by atoms with E-state index in [1.807, 2.05) is 0 Å². The molecule has 0 amide bonds. The molecule has 0 aromatic carbocycles. The van der Waals surface area contributed by atoms with Crippen LogP contribution >= 0.6 is 0 Å². The molecule has 5 nitrogen and oxygen atoms in total. The van der Waals surface area contributed by atoms with Crippen molar-refractivity contribution >= 4 is 5.97 Å². The van der Waals surface area contributed by atoms with Crippen LogP contribution in [0.1, 0.15) is 13.3 Å². The van der Waals surface area contributed by atoms with Crippen molar-refractivity contribution in [2.75, 3.05) is 39.4 Å². The van der Waals surface area contributed by atoms with Crippen molar-refractivity contribution in [3.05, 3.63) is 0 Å². The predicted molar refractivity (Wildman–Crippen MR) is 54.1 cm³/mol. The second kappa shape index (κ2) is 10.4. The quantitative estimate of drug-likeness (QED) is 0.336. The molecule has 0 aliphatic carbocycles. The average molecular weight is 204 g/mol. The summed E-state index contributed by atoms with van der Waals surface area (Å²) in [5.74, 6) is -0.164. The van der Waals surface area contributed by atoms with Crippen LogP contribution in [-0.4, -0.2) is 50.5 Å². The van der Waals surface area contributed by atoms with Gasteiger partial charge in [-0.25, -0.2) is 0 Å². The highest BCUT2D eigenvalue weighted by atomic mass is 16.5. The summed E-state index contributed by atoms with van der Waals surface area (Å²) in [4.78, 5) is 10.9. The largest absolute Gasteiger partial charge is 0.466 e. The van der Waals surface area contributed by atoms with Crippen molar-refractivity contribution in [3.63, 3.8) is 0 Å². The van der Waals surface area contributed by atoms with E-state index in [1.54, 1.807) is 6.92 Å². The third-order valence-electron chi connectivity index (χ3n) is 1.58. The number of carbonyl (C=O) groups is 1. The summed E-state index contributed by atoms with van der Waals surface area (Å²) in [7, 11) is 0. The van der Waals surface area contributed by atoms with Crippen LogP contribution in [0.15, 0.2) is 0 Å². The first-order valence-electron chi connectivity index (χ1n) is 4.99. The van der Waals surface area contributed by atoms with Gasteiger partial charge in [0.15, 0.2) is 0 Å². The summed E-state index contributed by atoms with van der Waals surface area (Å²) in [6, 6.07) is 0. The molecule has 0 spiro atoms. The monoisotopic (exact) mass is 204 g/mol. The van der Waals surface area contributed by atoms with E-state index in [2.05, 4.69) is 10.6 Å². The van der Waals surface area contributed by atoms with Crippen LogP contribution in [0, 0.1) is 0 Å². The topological polar surface area (TPSA) is 70.6 Å². The molecule has 0 rings (SSSR count). The van der Waals surface area contributed by atoms with Crippen LogP contribution in [0.5, 0.6) is 0 Å². The standard InChI is InChI=1S/C9H20N2O3/c1-2-14-9(13)3-4-10-5-6-11-7-8-12/h10-12H,2-8H2,1H3. The van der Waals surface area contributed by atoms with E-state index in [1.165, 1.54) is 0 Å². The van der Waals surface area contributed by atoms with Crippen LogP contribution in [-0.2, 0) is 9.53 Å². The van der Waals surface area contributed by atoms with Gasteiger partial charge in [0.2, 0.25) is 0 Å². The molecule has 0 bridgehead atoms. The molecule has 0 radical (unpaired) electrons. The lowest BCUT2D eigenvalue weighted by molar-refractivity contribution is -0.142. The van der Waals surface area contributed by atoms with Crippen LogP contribution in [0.3, 0.4) is 0 Å². The summed E-state index contributed by atoms with van der Waals surface area (Å²) in [5, 5.41) is 14.6. The Morgan fingerprint density at radius 3 is 2.43 bits per heavy atom. The van der Waals surface area contributed by atoms with E-state index in [0.29, 0.717) is 26.1 Å². The van der Waals surface area contributed by atoms with Gasteiger partial charge in [0, 0.05) is 26.2 Å². The molecule has 0 fully saturated rings. The second-order valence-electron chi connectivity index (χ2n) is 2.78. The third-order valence-corrected chi connectivity index (χ3v) is 1.58. The third kappa shape index (κ3) is 9.44. The van der Waals surface area contributed by atoms with Gasteiger partial charge >= 0.3 is 5.97 Å². The molecule has 0 aliphatic heterocycles. The minimum absolute atomic E-state index is 0.156. The molecule has 84 valence electrons. The van der Waals surface area contributed by atoms with Gasteiger partial charge < -0.3 is 20.5 Å². The summed E-state index contributed by atoms with van der Waals surface area (Å²) in [5.41, 5.74) is 0. The van der Waals surface area contributed by atoms with E-state index in [0.717, 1.165) is 13.1 Å². The zero-order valence-electron chi connectivity index (χ0n) is 8.71. The van der Waals surface area contributed by atoms with Gasteiger partial charge in [-0.3, -0.25) is 4.79 Å². The molecule has 14 heavy (non-hydrogen) atoms. The van der Waals surface area contributed by atoms with Crippen molar-refractivity contribution < 1.29 is 14.6 Å². The van der Waals surface area contributed by atoms with Gasteiger partial charge in [-0.15, -0.1) is 0 Å². The molecule has 5 heteroatoms. The highest BCUT2D eigenvalue weighted by Crippen LogP contribution is 1.83. The Kier molecular flexibility index (Phi) is 9.95. The molecule has 0 saturated heterocycles. The van der Waals surface area contributed by atoms with Gasteiger partial charge in [-0.1, -0.05) is 0 Å². The minimum Gasteiger partial charge on any atom is -0.466 e. The maximum absolute atomic E-state index is 10.9. The van der Waals surface area contributed by atoms with Crippen LogP contribution < -0.4 is 10.6 Å². The SMILES string of the molecule is CCOC(=O)CCNCCNCCO. The first-order valence-corrected chi connectivity index (χ1v) is 4.99. The number of ether oxygens (including phenoxy) is 1. The van der Waals surface area contributed by atoms with Gasteiger partial charge in [0.1, 0.15) is 0 Å². The lowest BCUT2D eigenvalue weighted by Crippen LogP contribution is -2.30. The van der Waals surface area contributed by atoms with Crippen molar-refractivity contribution in [2.24, 2.45) is 0 Å². The number of hydrogen-bond donors (Lipinski definition) is 3. The number of aliphatic hydroxyl groups is 1.